The molecular weight excluding hydrogens is 584 g/mol. The van der Waals surface area contributed by atoms with E-state index in [9.17, 15) is 19.2 Å². The number of benzene rings is 2. The molecule has 44 heavy (non-hydrogen) atoms. The van der Waals surface area contributed by atoms with Gasteiger partial charge in [0.15, 0.2) is 5.96 Å². The number of nitrogens with zero attached hydrogens (tertiary/aromatic N) is 1. The minimum atomic E-state index is -0.904. The standard InChI is InChI=1S/C32H44N6O5.ClH/c1-2-43-31(42)26(14-9-19-36-32(34)35)37-30(41)27(23-12-7-4-8-13-23)38-29(40)25(22-10-5-3-6-11-22)20-21-15-17-24(18-16-21)28(33)39;/h3,5-6,10-11,15-18,23,25-27H,2,4,7-9,12-14,19-20H2,1H3,(H2,33,39)(H,37,41)(H,38,40)(H4,34,35,36);1H/t25-,26?,27-;/m0./s1. The number of carbonyl (C=O) groups is 4. The van der Waals surface area contributed by atoms with Gasteiger partial charge in [-0.3, -0.25) is 19.4 Å². The molecular formula is C32H45ClN6O5. The predicted octanol–water partition coefficient (Wildman–Crippen LogP) is 2.70. The van der Waals surface area contributed by atoms with Gasteiger partial charge in [0, 0.05) is 12.1 Å². The molecule has 8 N–H and O–H groups in total. The van der Waals surface area contributed by atoms with Crippen molar-refractivity contribution in [1.29, 1.82) is 0 Å². The van der Waals surface area contributed by atoms with Crippen LogP contribution in [-0.4, -0.2) is 54.9 Å². The Morgan fingerprint density at radius 3 is 2.16 bits per heavy atom. The Hall–Kier alpha value is -4.12. The van der Waals surface area contributed by atoms with Crippen molar-refractivity contribution in [3.05, 3.63) is 71.3 Å². The summed E-state index contributed by atoms with van der Waals surface area (Å²) in [5.41, 5.74) is 18.2. The monoisotopic (exact) mass is 628 g/mol. The molecule has 12 heteroatoms. The normalized spacial score (nSPS) is 15.0. The highest BCUT2D eigenvalue weighted by molar-refractivity contribution is 5.94. The van der Waals surface area contributed by atoms with Crippen molar-refractivity contribution in [2.75, 3.05) is 13.2 Å². The number of primary amides is 1. The van der Waals surface area contributed by atoms with Crippen LogP contribution in [0.5, 0.6) is 0 Å². The molecule has 0 spiro atoms. The van der Waals surface area contributed by atoms with E-state index in [0.29, 0.717) is 24.9 Å². The van der Waals surface area contributed by atoms with E-state index >= 15 is 0 Å². The number of hydrogen-bond donors (Lipinski definition) is 5. The zero-order valence-corrected chi connectivity index (χ0v) is 26.0. The molecule has 3 amide bonds. The topological polar surface area (TPSA) is 192 Å². The summed E-state index contributed by atoms with van der Waals surface area (Å²) in [4.78, 5) is 56.0. The van der Waals surface area contributed by atoms with Crippen molar-refractivity contribution in [1.82, 2.24) is 10.6 Å². The van der Waals surface area contributed by atoms with Crippen LogP contribution in [0.25, 0.3) is 0 Å². The van der Waals surface area contributed by atoms with Gasteiger partial charge < -0.3 is 32.6 Å². The molecule has 1 saturated carbocycles. The number of amides is 3. The third-order valence-electron chi connectivity index (χ3n) is 7.73. The van der Waals surface area contributed by atoms with Gasteiger partial charge in [0.2, 0.25) is 17.7 Å². The average molecular weight is 629 g/mol. The van der Waals surface area contributed by atoms with Crippen LogP contribution < -0.4 is 27.8 Å². The Labute approximate surface area is 265 Å². The first-order valence-corrected chi connectivity index (χ1v) is 15.0. The van der Waals surface area contributed by atoms with E-state index in [1.807, 2.05) is 30.3 Å². The summed E-state index contributed by atoms with van der Waals surface area (Å²) < 4.78 is 5.22. The van der Waals surface area contributed by atoms with Crippen LogP contribution in [-0.2, 0) is 25.5 Å². The summed E-state index contributed by atoms with van der Waals surface area (Å²) in [6.07, 6.45) is 5.65. The van der Waals surface area contributed by atoms with Crippen molar-refractivity contribution < 1.29 is 23.9 Å². The lowest BCUT2D eigenvalue weighted by atomic mass is 9.82. The lowest BCUT2D eigenvalue weighted by molar-refractivity contribution is -0.148. The van der Waals surface area contributed by atoms with E-state index in [4.69, 9.17) is 21.9 Å². The number of rotatable bonds is 15. The van der Waals surface area contributed by atoms with Gasteiger partial charge in [-0.1, -0.05) is 61.7 Å². The number of esters is 1. The smallest absolute Gasteiger partial charge is 0.328 e. The van der Waals surface area contributed by atoms with Crippen LogP contribution >= 0.6 is 12.4 Å². The largest absolute Gasteiger partial charge is 0.464 e. The van der Waals surface area contributed by atoms with Crippen LogP contribution in [0.2, 0.25) is 0 Å². The van der Waals surface area contributed by atoms with Crippen LogP contribution in [0.15, 0.2) is 59.6 Å². The van der Waals surface area contributed by atoms with E-state index in [1.165, 1.54) is 0 Å². The summed E-state index contributed by atoms with van der Waals surface area (Å²) in [7, 11) is 0. The van der Waals surface area contributed by atoms with Crippen LogP contribution in [0.4, 0.5) is 0 Å². The van der Waals surface area contributed by atoms with Gasteiger partial charge in [-0.15, -0.1) is 12.4 Å². The van der Waals surface area contributed by atoms with Crippen LogP contribution in [0.3, 0.4) is 0 Å². The fraction of sp³-hybridized carbons (Fsp3) is 0.469. The number of guanidine groups is 1. The highest BCUT2D eigenvalue weighted by Crippen LogP contribution is 2.28. The molecule has 1 aliphatic rings. The molecule has 1 unspecified atom stereocenters. The number of carbonyl (C=O) groups excluding carboxylic acids is 4. The summed E-state index contributed by atoms with van der Waals surface area (Å²) in [6, 6.07) is 14.5. The van der Waals surface area contributed by atoms with Crippen molar-refractivity contribution in [3.63, 3.8) is 0 Å². The fourth-order valence-electron chi connectivity index (χ4n) is 5.46. The number of nitrogens with one attached hydrogen (secondary N) is 2. The van der Waals surface area contributed by atoms with E-state index in [-0.39, 0.29) is 43.2 Å². The van der Waals surface area contributed by atoms with Gasteiger partial charge in [0.25, 0.3) is 0 Å². The van der Waals surface area contributed by atoms with Crippen molar-refractivity contribution in [2.45, 2.75) is 76.3 Å². The van der Waals surface area contributed by atoms with E-state index in [0.717, 1.165) is 43.2 Å². The van der Waals surface area contributed by atoms with Crippen LogP contribution in [0, 0.1) is 5.92 Å². The second kappa shape index (κ2) is 18.5. The molecule has 1 fully saturated rings. The zero-order valence-electron chi connectivity index (χ0n) is 25.2. The van der Waals surface area contributed by atoms with Gasteiger partial charge in [0.1, 0.15) is 12.1 Å². The Morgan fingerprint density at radius 2 is 1.57 bits per heavy atom. The fourth-order valence-corrected chi connectivity index (χ4v) is 5.46. The quantitative estimate of drug-likeness (QED) is 0.0866. The molecule has 240 valence electrons. The van der Waals surface area contributed by atoms with E-state index in [1.54, 1.807) is 31.2 Å². The summed E-state index contributed by atoms with van der Waals surface area (Å²) >= 11 is 0. The number of aliphatic imine (C=N–C) groups is 1. The van der Waals surface area contributed by atoms with Gasteiger partial charge in [-0.25, -0.2) is 4.79 Å². The maximum Gasteiger partial charge on any atom is 0.328 e. The number of hydrogen-bond acceptors (Lipinski definition) is 6. The molecule has 0 radical (unpaired) electrons. The van der Waals surface area contributed by atoms with Crippen molar-refractivity contribution in [2.24, 2.45) is 28.1 Å². The van der Waals surface area contributed by atoms with Crippen LogP contribution in [0.1, 0.15) is 79.3 Å². The molecule has 0 aromatic heterocycles. The minimum absolute atomic E-state index is 0. The summed E-state index contributed by atoms with van der Waals surface area (Å²) in [5.74, 6) is -2.51. The zero-order chi connectivity index (χ0) is 31.2. The third-order valence-corrected chi connectivity index (χ3v) is 7.73. The molecule has 3 rings (SSSR count). The molecule has 2 aromatic rings. The molecule has 2 aromatic carbocycles. The Balaban J connectivity index is 0.00000675. The SMILES string of the molecule is CCOC(=O)C(CCCN=C(N)N)NC(=O)[C@@H](NC(=O)[C@@H](Cc1ccc(C(N)=O)cc1)c1ccccc1)C1CCCCC1.Cl. The molecule has 3 atom stereocenters. The first-order valence-electron chi connectivity index (χ1n) is 15.0. The lowest BCUT2D eigenvalue weighted by Gasteiger charge is -2.32. The maximum absolute atomic E-state index is 14.0. The molecule has 0 heterocycles. The molecule has 0 aliphatic heterocycles. The second-order valence-electron chi connectivity index (χ2n) is 10.9. The Morgan fingerprint density at radius 1 is 0.909 bits per heavy atom. The number of ether oxygens (including phenoxy) is 1. The highest BCUT2D eigenvalue weighted by atomic mass is 35.5. The second-order valence-corrected chi connectivity index (χ2v) is 10.9. The lowest BCUT2D eigenvalue weighted by Crippen LogP contribution is -2.55. The van der Waals surface area contributed by atoms with Gasteiger partial charge in [0.05, 0.1) is 12.5 Å². The minimum Gasteiger partial charge on any atom is -0.464 e. The number of halogens is 1. The maximum atomic E-state index is 14.0. The summed E-state index contributed by atoms with van der Waals surface area (Å²) in [5, 5.41) is 5.92. The first-order chi connectivity index (χ1) is 20.7. The Kier molecular flexibility index (Phi) is 15.2. The molecule has 0 bridgehead atoms. The van der Waals surface area contributed by atoms with Gasteiger partial charge in [-0.05, 0) is 68.2 Å². The summed E-state index contributed by atoms with van der Waals surface area (Å²) in [6.45, 7) is 2.17. The highest BCUT2D eigenvalue weighted by Gasteiger charge is 2.35. The van der Waals surface area contributed by atoms with Gasteiger partial charge in [-0.2, -0.15) is 0 Å². The first kappa shape index (κ1) is 36.1. The van der Waals surface area contributed by atoms with Crippen molar-refractivity contribution >= 4 is 42.1 Å². The van der Waals surface area contributed by atoms with Gasteiger partial charge >= 0.3 is 5.97 Å². The molecule has 0 saturated heterocycles. The molecule has 1 aliphatic carbocycles. The van der Waals surface area contributed by atoms with E-state index in [2.05, 4.69) is 15.6 Å². The molecule has 11 nitrogen and oxygen atoms in total. The average Bonchev–Trinajstić information content (AvgIpc) is 3.01. The van der Waals surface area contributed by atoms with Crippen molar-refractivity contribution in [3.8, 4) is 0 Å². The Bertz CT molecular complexity index is 1250. The van der Waals surface area contributed by atoms with E-state index < -0.39 is 35.8 Å². The third kappa shape index (κ3) is 11.2. The number of nitrogens with two attached hydrogens (primary N) is 3. The predicted molar refractivity (Wildman–Crippen MR) is 172 cm³/mol.